The van der Waals surface area contributed by atoms with Crippen molar-refractivity contribution >= 4 is 18.2 Å². The van der Waals surface area contributed by atoms with Crippen LogP contribution in [0.4, 0.5) is 0 Å². The van der Waals surface area contributed by atoms with E-state index >= 15 is 0 Å². The summed E-state index contributed by atoms with van der Waals surface area (Å²) in [5, 5.41) is 1.88. The summed E-state index contributed by atoms with van der Waals surface area (Å²) in [5.74, 6) is 0. The van der Waals surface area contributed by atoms with Crippen LogP contribution in [-0.2, 0) is 4.57 Å². The predicted octanol–water partition coefficient (Wildman–Crippen LogP) is -2.87. The third kappa shape index (κ3) is 10.3. The first-order valence-electron chi connectivity index (χ1n) is 4.27. The van der Waals surface area contributed by atoms with Gasteiger partial charge in [0.1, 0.15) is 0 Å². The van der Waals surface area contributed by atoms with Crippen molar-refractivity contribution in [3.8, 4) is 0 Å². The normalized spacial score (nSPS) is 14.5. The van der Waals surface area contributed by atoms with Crippen LogP contribution in [0, 0.1) is 0 Å². The van der Waals surface area contributed by atoms with Gasteiger partial charge < -0.3 is 25.4 Å². The van der Waals surface area contributed by atoms with Gasteiger partial charge in [0, 0.05) is 6.42 Å². The first-order valence-corrected chi connectivity index (χ1v) is 7.30. The summed E-state index contributed by atoms with van der Waals surface area (Å²) in [6, 6.07) is 0. The number of nitrogens with two attached hydrogens (primary N) is 1. The van der Waals surface area contributed by atoms with Crippen LogP contribution in [0.1, 0.15) is 13.3 Å². The fourth-order valence-electron chi connectivity index (χ4n) is 0.905. The Bertz CT molecular complexity index is 175. The van der Waals surface area contributed by atoms with E-state index < -0.39 is 6.80 Å². The number of quaternary nitrogens is 2. The van der Waals surface area contributed by atoms with Crippen LogP contribution in [-0.4, -0.2) is 24.9 Å². The molecule has 0 aliphatic rings. The maximum absolute atomic E-state index is 10.3. The zero-order chi connectivity index (χ0) is 10.3. The van der Waals surface area contributed by atoms with Gasteiger partial charge in [0.15, 0.2) is 0 Å². The Morgan fingerprint density at radius 3 is 2.69 bits per heavy atom. The molecule has 0 radical (unpaired) electrons. The van der Waals surface area contributed by atoms with Gasteiger partial charge in [0.25, 0.3) is 0 Å². The summed E-state index contributed by atoms with van der Waals surface area (Å²) in [6.07, 6.45) is 1.02. The third-order valence-corrected chi connectivity index (χ3v) is 4.13. The highest BCUT2D eigenvalue weighted by Gasteiger charge is 2.06. The Kier molecular flexibility index (Phi) is 7.03. The Morgan fingerprint density at radius 1 is 1.62 bits per heavy atom. The summed E-state index contributed by atoms with van der Waals surface area (Å²) < 4.78 is 10.3. The second-order valence-corrected chi connectivity index (χ2v) is 6.77. The lowest BCUT2D eigenvalue weighted by molar-refractivity contribution is -0.656. The van der Waals surface area contributed by atoms with E-state index in [4.69, 9.17) is 0 Å². The van der Waals surface area contributed by atoms with E-state index in [-0.39, 0.29) is 5.25 Å². The van der Waals surface area contributed by atoms with Gasteiger partial charge in [-0.3, -0.25) is 0 Å². The summed E-state index contributed by atoms with van der Waals surface area (Å²) in [5.41, 5.74) is 3.69. The zero-order valence-corrected chi connectivity index (χ0v) is 9.48. The second kappa shape index (κ2) is 6.81. The summed E-state index contributed by atoms with van der Waals surface area (Å²) in [4.78, 5) is 20.7. The molecule has 7 heteroatoms. The van der Waals surface area contributed by atoms with Crippen LogP contribution in [0.3, 0.4) is 0 Å². The standard InChI is InChI=1S/C6H17N2O3PS/c1-6(13-12(9,10)11)5-8-4-2-3-7/h6,8H,2-5,7H2,1H3,(H2,9,10,11). The highest BCUT2D eigenvalue weighted by atomic mass is 32.7. The molecular weight excluding hydrogens is 211 g/mol. The quantitative estimate of drug-likeness (QED) is 0.361. The Labute approximate surface area is 82.4 Å². The summed E-state index contributed by atoms with van der Waals surface area (Å²) in [6.45, 7) is -0.154. The molecule has 0 saturated heterocycles. The fourth-order valence-corrected chi connectivity index (χ4v) is 3.15. The molecule has 1 atom stereocenters. The monoisotopic (exact) mass is 228 g/mol. The molecule has 0 aromatic rings. The highest BCUT2D eigenvalue weighted by Crippen LogP contribution is 2.43. The van der Waals surface area contributed by atoms with Crippen LogP contribution in [0.2, 0.25) is 0 Å². The van der Waals surface area contributed by atoms with Crippen molar-refractivity contribution in [2.75, 3.05) is 19.6 Å². The van der Waals surface area contributed by atoms with E-state index in [1.165, 1.54) is 0 Å². The van der Waals surface area contributed by atoms with Crippen LogP contribution >= 0.6 is 18.2 Å². The topological polar surface area (TPSA) is 107 Å². The van der Waals surface area contributed by atoms with E-state index in [9.17, 15) is 14.4 Å². The van der Waals surface area contributed by atoms with Crippen molar-refractivity contribution in [1.82, 2.24) is 0 Å². The maximum Gasteiger partial charge on any atom is 0.0876 e. The van der Waals surface area contributed by atoms with Gasteiger partial charge in [-0.05, 0) is 13.7 Å². The minimum absolute atomic E-state index is 0.134. The van der Waals surface area contributed by atoms with Gasteiger partial charge in [-0.25, -0.2) is 0 Å². The largest absolute Gasteiger partial charge is 0.803 e. The van der Waals surface area contributed by atoms with Crippen molar-refractivity contribution in [2.24, 2.45) is 0 Å². The first kappa shape index (κ1) is 13.4. The molecule has 0 saturated carbocycles. The summed E-state index contributed by atoms with van der Waals surface area (Å²) >= 11 is 0.512. The second-order valence-electron chi connectivity index (χ2n) is 2.88. The van der Waals surface area contributed by atoms with Crippen LogP contribution in [0.5, 0.6) is 0 Å². The molecule has 0 heterocycles. The first-order chi connectivity index (χ1) is 5.95. The van der Waals surface area contributed by atoms with Crippen molar-refractivity contribution < 1.29 is 25.4 Å². The molecule has 0 amide bonds. The van der Waals surface area contributed by atoms with Crippen molar-refractivity contribution in [3.63, 3.8) is 0 Å². The summed E-state index contributed by atoms with van der Waals surface area (Å²) in [7, 11) is 0. The van der Waals surface area contributed by atoms with Gasteiger partial charge in [-0.15, -0.1) is 11.4 Å². The van der Waals surface area contributed by atoms with E-state index in [0.717, 1.165) is 19.5 Å². The molecule has 5 nitrogen and oxygen atoms in total. The number of hydrogen-bond acceptors (Lipinski definition) is 4. The predicted molar refractivity (Wildman–Crippen MR) is 48.7 cm³/mol. The lowest BCUT2D eigenvalue weighted by atomic mass is 10.4. The van der Waals surface area contributed by atoms with Crippen molar-refractivity contribution in [3.05, 3.63) is 0 Å². The molecule has 80 valence electrons. The molecule has 0 aromatic heterocycles. The van der Waals surface area contributed by atoms with Gasteiger partial charge in [-0.1, -0.05) is 0 Å². The Morgan fingerprint density at radius 2 is 2.23 bits per heavy atom. The molecule has 0 aliphatic heterocycles. The molecule has 0 fully saturated rings. The van der Waals surface area contributed by atoms with Crippen LogP contribution in [0.25, 0.3) is 0 Å². The number of rotatable bonds is 7. The van der Waals surface area contributed by atoms with Crippen LogP contribution < -0.4 is 20.8 Å². The van der Waals surface area contributed by atoms with Gasteiger partial charge in [0.2, 0.25) is 0 Å². The van der Waals surface area contributed by atoms with E-state index in [2.05, 4.69) is 5.73 Å². The third-order valence-electron chi connectivity index (χ3n) is 1.47. The Balaban J connectivity index is 3.41. The molecule has 0 aliphatic carbocycles. The Hall–Kier alpha value is 0.420. The van der Waals surface area contributed by atoms with Crippen molar-refractivity contribution in [1.29, 1.82) is 0 Å². The lowest BCUT2D eigenvalue weighted by Crippen LogP contribution is -2.86. The molecule has 1 unspecified atom stereocenters. The maximum atomic E-state index is 10.3. The smallest absolute Gasteiger partial charge is 0.0876 e. The minimum atomic E-state index is -4.39. The number of hydrogen-bond donors (Lipinski definition) is 2. The van der Waals surface area contributed by atoms with Gasteiger partial charge >= 0.3 is 0 Å². The van der Waals surface area contributed by atoms with Crippen molar-refractivity contribution in [2.45, 2.75) is 18.6 Å². The molecule has 0 aromatic carbocycles. The van der Waals surface area contributed by atoms with E-state index in [1.54, 1.807) is 6.92 Å². The molecule has 5 N–H and O–H groups in total. The molecule has 13 heavy (non-hydrogen) atoms. The molecule has 0 bridgehead atoms. The average Bonchev–Trinajstić information content (AvgIpc) is 1.94. The zero-order valence-electron chi connectivity index (χ0n) is 7.77. The SMILES string of the molecule is CC(C[NH2+]CCC[NH3+])SP(=O)([O-])[O-]. The average molecular weight is 228 g/mol. The van der Waals surface area contributed by atoms with E-state index in [1.807, 2.05) is 5.32 Å². The van der Waals surface area contributed by atoms with Gasteiger partial charge in [-0.2, -0.15) is 0 Å². The fraction of sp³-hybridized carbons (Fsp3) is 1.00. The minimum Gasteiger partial charge on any atom is -0.803 e. The van der Waals surface area contributed by atoms with Gasteiger partial charge in [0.05, 0.1) is 24.9 Å². The van der Waals surface area contributed by atoms with Crippen LogP contribution in [0.15, 0.2) is 0 Å². The molecule has 0 spiro atoms. The molecular formula is C6H17N2O3PS. The van der Waals surface area contributed by atoms with E-state index in [0.29, 0.717) is 17.9 Å². The highest BCUT2D eigenvalue weighted by molar-refractivity contribution is 8.53. The molecule has 0 rings (SSSR count). The lowest BCUT2D eigenvalue weighted by Gasteiger charge is -2.30.